The third-order valence-corrected chi connectivity index (χ3v) is 1.53. The zero-order valence-electron chi connectivity index (χ0n) is 6.78. The fourth-order valence-corrected chi connectivity index (χ4v) is 0.879. The van der Waals surface area contributed by atoms with Crippen molar-refractivity contribution < 1.29 is 14.3 Å². The van der Waals surface area contributed by atoms with Gasteiger partial charge in [-0.25, -0.2) is 0 Å². The van der Waals surface area contributed by atoms with Crippen LogP contribution in [0.25, 0.3) is 0 Å². The number of hydrogen-bond acceptors (Lipinski definition) is 3. The Labute approximate surface area is 70.2 Å². The van der Waals surface area contributed by atoms with Crippen LogP contribution in [0.4, 0.5) is 0 Å². The van der Waals surface area contributed by atoms with Gasteiger partial charge >= 0.3 is 5.97 Å². The molecule has 0 aromatic carbocycles. The summed E-state index contributed by atoms with van der Waals surface area (Å²) < 4.78 is 5.07. The fourth-order valence-electron chi connectivity index (χ4n) is 0.879. The first-order valence-electron chi connectivity index (χ1n) is 3.68. The first kappa shape index (κ1) is 8.80. The van der Waals surface area contributed by atoms with E-state index in [9.17, 15) is 4.79 Å². The highest BCUT2D eigenvalue weighted by atomic mass is 16.4. The molecule has 4 heteroatoms. The van der Waals surface area contributed by atoms with Gasteiger partial charge < -0.3 is 9.52 Å². The molecule has 0 aliphatic heterocycles. The second-order valence-corrected chi connectivity index (χ2v) is 2.51. The minimum Gasteiger partial charge on any atom is -0.480 e. The van der Waals surface area contributed by atoms with Gasteiger partial charge in [-0.1, -0.05) is 0 Å². The Morgan fingerprint density at radius 2 is 2.58 bits per heavy atom. The van der Waals surface area contributed by atoms with Crippen molar-refractivity contribution in [1.82, 2.24) is 5.32 Å². The van der Waals surface area contributed by atoms with Gasteiger partial charge in [-0.15, -0.1) is 0 Å². The van der Waals surface area contributed by atoms with Gasteiger partial charge in [-0.2, -0.15) is 0 Å². The Hall–Kier alpha value is -1.29. The van der Waals surface area contributed by atoms with E-state index in [1.807, 2.05) is 6.92 Å². The molecule has 1 aromatic rings. The molecule has 0 fully saturated rings. The summed E-state index contributed by atoms with van der Waals surface area (Å²) in [5.41, 5.74) is 0. The van der Waals surface area contributed by atoms with Crippen molar-refractivity contribution in [2.75, 3.05) is 6.54 Å². The summed E-state index contributed by atoms with van der Waals surface area (Å²) in [4.78, 5) is 10.2. The molecule has 1 aromatic heterocycles. The van der Waals surface area contributed by atoms with E-state index in [-0.39, 0.29) is 12.6 Å². The predicted octanol–water partition coefficient (Wildman–Crippen LogP) is 1.01. The van der Waals surface area contributed by atoms with Crippen molar-refractivity contribution in [2.45, 2.75) is 13.0 Å². The van der Waals surface area contributed by atoms with Gasteiger partial charge in [-0.05, 0) is 19.1 Å². The summed E-state index contributed by atoms with van der Waals surface area (Å²) in [6, 6.07) is 3.52. The van der Waals surface area contributed by atoms with Gasteiger partial charge in [0.05, 0.1) is 18.8 Å². The monoisotopic (exact) mass is 169 g/mol. The van der Waals surface area contributed by atoms with Crippen LogP contribution in [0.15, 0.2) is 22.8 Å². The molecule has 0 saturated carbocycles. The second kappa shape index (κ2) is 3.92. The number of carbonyl (C=O) groups is 1. The summed E-state index contributed by atoms with van der Waals surface area (Å²) in [6.45, 7) is 1.80. The Bertz CT molecular complexity index is 243. The number of aliphatic carboxylic acids is 1. The van der Waals surface area contributed by atoms with E-state index in [0.29, 0.717) is 0 Å². The molecule has 0 amide bonds. The van der Waals surface area contributed by atoms with Crippen LogP contribution in [0.3, 0.4) is 0 Å². The molecule has 12 heavy (non-hydrogen) atoms. The average molecular weight is 169 g/mol. The average Bonchev–Trinajstić information content (AvgIpc) is 2.51. The SMILES string of the molecule is C[C@H](NCC(=O)O)c1ccco1. The molecule has 0 aliphatic carbocycles. The molecule has 2 N–H and O–H groups in total. The minimum absolute atomic E-state index is 0.0537. The minimum atomic E-state index is -0.867. The number of carboxylic acid groups (broad SMARTS) is 1. The Morgan fingerprint density at radius 1 is 1.83 bits per heavy atom. The van der Waals surface area contributed by atoms with Crippen molar-refractivity contribution in [3.05, 3.63) is 24.2 Å². The standard InChI is InChI=1S/C8H11NO3/c1-6(9-5-8(10)11)7-3-2-4-12-7/h2-4,6,9H,5H2,1H3,(H,10,11)/t6-/m0/s1. The molecular formula is C8H11NO3. The molecule has 0 bridgehead atoms. The molecule has 1 heterocycles. The van der Waals surface area contributed by atoms with E-state index >= 15 is 0 Å². The zero-order chi connectivity index (χ0) is 8.97. The third kappa shape index (κ3) is 2.39. The maximum atomic E-state index is 10.2. The van der Waals surface area contributed by atoms with Gasteiger partial charge in [0, 0.05) is 0 Å². The third-order valence-electron chi connectivity index (χ3n) is 1.53. The maximum Gasteiger partial charge on any atom is 0.317 e. The second-order valence-electron chi connectivity index (χ2n) is 2.51. The fraction of sp³-hybridized carbons (Fsp3) is 0.375. The summed E-state index contributed by atoms with van der Waals surface area (Å²) in [5.74, 6) is -0.121. The highest BCUT2D eigenvalue weighted by molar-refractivity contribution is 5.69. The lowest BCUT2D eigenvalue weighted by molar-refractivity contribution is -0.136. The number of carboxylic acids is 1. The van der Waals surface area contributed by atoms with E-state index in [2.05, 4.69) is 5.32 Å². The Balaban J connectivity index is 2.39. The smallest absolute Gasteiger partial charge is 0.317 e. The molecule has 0 radical (unpaired) electrons. The van der Waals surface area contributed by atoms with Crippen molar-refractivity contribution >= 4 is 5.97 Å². The lowest BCUT2D eigenvalue weighted by Gasteiger charge is -2.07. The van der Waals surface area contributed by atoms with Crippen LogP contribution in [0.1, 0.15) is 18.7 Å². The van der Waals surface area contributed by atoms with Gasteiger partial charge in [0.15, 0.2) is 0 Å². The lowest BCUT2D eigenvalue weighted by atomic mass is 10.2. The largest absolute Gasteiger partial charge is 0.480 e. The van der Waals surface area contributed by atoms with Gasteiger partial charge in [-0.3, -0.25) is 10.1 Å². The number of furan rings is 1. The summed E-state index contributed by atoms with van der Waals surface area (Å²) in [5, 5.41) is 11.2. The van der Waals surface area contributed by atoms with E-state index in [1.54, 1.807) is 18.4 Å². The first-order chi connectivity index (χ1) is 5.70. The van der Waals surface area contributed by atoms with E-state index in [0.717, 1.165) is 5.76 Å². The molecule has 1 rings (SSSR count). The van der Waals surface area contributed by atoms with Crippen molar-refractivity contribution in [2.24, 2.45) is 0 Å². The van der Waals surface area contributed by atoms with E-state index < -0.39 is 5.97 Å². The summed E-state index contributed by atoms with van der Waals surface area (Å²) in [6.07, 6.45) is 1.56. The number of nitrogens with one attached hydrogen (secondary N) is 1. The summed E-state index contributed by atoms with van der Waals surface area (Å²) >= 11 is 0. The molecule has 4 nitrogen and oxygen atoms in total. The van der Waals surface area contributed by atoms with Crippen LogP contribution in [0, 0.1) is 0 Å². The normalized spacial score (nSPS) is 12.8. The molecule has 66 valence electrons. The van der Waals surface area contributed by atoms with Crippen LogP contribution in [-0.2, 0) is 4.79 Å². The zero-order valence-corrected chi connectivity index (χ0v) is 6.78. The van der Waals surface area contributed by atoms with Crippen LogP contribution in [0.2, 0.25) is 0 Å². The Kier molecular flexibility index (Phi) is 2.88. The van der Waals surface area contributed by atoms with Crippen LogP contribution in [0.5, 0.6) is 0 Å². The van der Waals surface area contributed by atoms with Crippen molar-refractivity contribution in [3.8, 4) is 0 Å². The topological polar surface area (TPSA) is 62.5 Å². The number of rotatable bonds is 4. The Morgan fingerprint density at radius 3 is 3.08 bits per heavy atom. The summed E-state index contributed by atoms with van der Waals surface area (Å²) in [7, 11) is 0. The van der Waals surface area contributed by atoms with E-state index in [4.69, 9.17) is 9.52 Å². The predicted molar refractivity (Wildman–Crippen MR) is 42.8 cm³/mol. The van der Waals surface area contributed by atoms with Crippen LogP contribution >= 0.6 is 0 Å². The highest BCUT2D eigenvalue weighted by Gasteiger charge is 2.07. The number of hydrogen-bond donors (Lipinski definition) is 2. The van der Waals surface area contributed by atoms with Crippen molar-refractivity contribution in [1.29, 1.82) is 0 Å². The lowest BCUT2D eigenvalue weighted by Crippen LogP contribution is -2.25. The highest BCUT2D eigenvalue weighted by Crippen LogP contribution is 2.11. The van der Waals surface area contributed by atoms with Crippen LogP contribution in [-0.4, -0.2) is 17.6 Å². The van der Waals surface area contributed by atoms with E-state index in [1.165, 1.54) is 0 Å². The molecule has 0 saturated heterocycles. The van der Waals surface area contributed by atoms with Gasteiger partial charge in [0.1, 0.15) is 5.76 Å². The molecule has 1 atom stereocenters. The van der Waals surface area contributed by atoms with Gasteiger partial charge in [0.25, 0.3) is 0 Å². The van der Waals surface area contributed by atoms with Crippen LogP contribution < -0.4 is 5.32 Å². The first-order valence-corrected chi connectivity index (χ1v) is 3.68. The molecular weight excluding hydrogens is 158 g/mol. The maximum absolute atomic E-state index is 10.2. The molecule has 0 aliphatic rings. The van der Waals surface area contributed by atoms with Crippen molar-refractivity contribution in [3.63, 3.8) is 0 Å². The molecule has 0 spiro atoms. The quantitative estimate of drug-likeness (QED) is 0.706. The molecule has 0 unspecified atom stereocenters. The van der Waals surface area contributed by atoms with Gasteiger partial charge in [0.2, 0.25) is 0 Å².